The summed E-state index contributed by atoms with van der Waals surface area (Å²) in [4.78, 5) is 14.6. The van der Waals surface area contributed by atoms with Gasteiger partial charge in [0, 0.05) is 25.2 Å². The van der Waals surface area contributed by atoms with Crippen LogP contribution in [0.15, 0.2) is 24.3 Å². The van der Waals surface area contributed by atoms with Crippen LogP contribution in [0, 0.1) is 0 Å². The fourth-order valence-corrected chi connectivity index (χ4v) is 4.26. The third kappa shape index (κ3) is 4.41. The maximum atomic E-state index is 12.2. The van der Waals surface area contributed by atoms with Crippen LogP contribution in [-0.4, -0.2) is 55.4 Å². The van der Waals surface area contributed by atoms with E-state index in [1.54, 1.807) is 0 Å². The Hall–Kier alpha value is -1.95. The molecule has 2 N–H and O–H groups in total. The lowest BCUT2D eigenvalue weighted by molar-refractivity contribution is 0.0492. The summed E-state index contributed by atoms with van der Waals surface area (Å²) in [6.07, 6.45) is 6.87. The number of benzene rings is 1. The van der Waals surface area contributed by atoms with Gasteiger partial charge >= 0.3 is 6.03 Å². The van der Waals surface area contributed by atoms with E-state index in [0.717, 1.165) is 56.8 Å². The summed E-state index contributed by atoms with van der Waals surface area (Å²) in [6.45, 7) is 3.33. The van der Waals surface area contributed by atoms with Gasteiger partial charge in [0.15, 0.2) is 11.5 Å². The summed E-state index contributed by atoms with van der Waals surface area (Å²) in [6, 6.07) is 8.39. The first-order valence-electron chi connectivity index (χ1n) is 9.94. The van der Waals surface area contributed by atoms with E-state index in [1.807, 2.05) is 24.3 Å². The van der Waals surface area contributed by atoms with Gasteiger partial charge < -0.3 is 20.1 Å². The zero-order valence-corrected chi connectivity index (χ0v) is 15.3. The molecule has 142 valence electrons. The molecule has 1 saturated heterocycles. The van der Waals surface area contributed by atoms with Gasteiger partial charge in [-0.15, -0.1) is 0 Å². The number of amides is 2. The Labute approximate surface area is 155 Å². The molecular formula is C20H29N3O3. The van der Waals surface area contributed by atoms with E-state index in [0.29, 0.717) is 12.6 Å². The number of nitrogens with one attached hydrogen (secondary N) is 2. The molecule has 2 unspecified atom stereocenters. The van der Waals surface area contributed by atoms with Crippen molar-refractivity contribution in [1.82, 2.24) is 15.5 Å². The largest absolute Gasteiger partial charge is 0.486 e. The molecule has 4 rings (SSSR count). The predicted molar refractivity (Wildman–Crippen MR) is 99.7 cm³/mol. The number of ether oxygens (including phenoxy) is 2. The van der Waals surface area contributed by atoms with Crippen molar-refractivity contribution in [2.24, 2.45) is 0 Å². The number of hydrogen-bond donors (Lipinski definition) is 2. The van der Waals surface area contributed by atoms with E-state index in [1.165, 1.54) is 12.8 Å². The van der Waals surface area contributed by atoms with Crippen LogP contribution in [0.2, 0.25) is 0 Å². The number of likely N-dealkylation sites (tertiary alicyclic amines) is 1. The van der Waals surface area contributed by atoms with Crippen LogP contribution in [0.3, 0.4) is 0 Å². The highest BCUT2D eigenvalue weighted by Gasteiger charge is 2.27. The van der Waals surface area contributed by atoms with Gasteiger partial charge in [0.1, 0.15) is 12.7 Å². The molecule has 6 heteroatoms. The summed E-state index contributed by atoms with van der Waals surface area (Å²) in [5.74, 6) is 1.65. The molecule has 2 aliphatic heterocycles. The molecule has 0 radical (unpaired) electrons. The molecule has 0 bridgehead atoms. The van der Waals surface area contributed by atoms with Crippen LogP contribution < -0.4 is 20.1 Å². The van der Waals surface area contributed by atoms with Gasteiger partial charge in [0.2, 0.25) is 0 Å². The van der Waals surface area contributed by atoms with Crippen molar-refractivity contribution < 1.29 is 14.3 Å². The number of fused-ring (bicyclic) bond motifs is 1. The Morgan fingerprint density at radius 3 is 2.62 bits per heavy atom. The Morgan fingerprint density at radius 2 is 1.77 bits per heavy atom. The second kappa shape index (κ2) is 8.16. The second-order valence-corrected chi connectivity index (χ2v) is 7.70. The summed E-state index contributed by atoms with van der Waals surface area (Å²) < 4.78 is 11.9. The molecule has 0 aromatic heterocycles. The smallest absolute Gasteiger partial charge is 0.315 e. The van der Waals surface area contributed by atoms with Crippen molar-refractivity contribution in [3.05, 3.63) is 24.3 Å². The van der Waals surface area contributed by atoms with Crippen molar-refractivity contribution in [2.45, 2.75) is 56.7 Å². The number of hydrogen-bond acceptors (Lipinski definition) is 4. The Bertz CT molecular complexity index is 618. The van der Waals surface area contributed by atoms with E-state index in [-0.39, 0.29) is 18.2 Å². The van der Waals surface area contributed by atoms with Crippen molar-refractivity contribution >= 4 is 6.03 Å². The minimum atomic E-state index is -0.00470. The summed E-state index contributed by atoms with van der Waals surface area (Å²) in [7, 11) is 0. The first kappa shape index (κ1) is 17.5. The molecule has 26 heavy (non-hydrogen) atoms. The molecule has 0 spiro atoms. The molecule has 6 nitrogen and oxygen atoms in total. The van der Waals surface area contributed by atoms with E-state index >= 15 is 0 Å². The third-order valence-corrected chi connectivity index (χ3v) is 5.56. The molecule has 1 aliphatic carbocycles. The molecule has 2 atom stereocenters. The van der Waals surface area contributed by atoms with Gasteiger partial charge in [-0.2, -0.15) is 0 Å². The SMILES string of the molecule is O=C(NC1CCCC1)NC1CCCN(CC2COc3ccccc3O2)C1. The monoisotopic (exact) mass is 359 g/mol. The number of nitrogens with zero attached hydrogens (tertiary/aromatic N) is 1. The van der Waals surface area contributed by atoms with Gasteiger partial charge in [-0.3, -0.25) is 4.90 Å². The fourth-order valence-electron chi connectivity index (χ4n) is 4.26. The van der Waals surface area contributed by atoms with E-state index in [9.17, 15) is 4.79 Å². The molecule has 1 saturated carbocycles. The number of para-hydroxylation sites is 2. The fraction of sp³-hybridized carbons (Fsp3) is 0.650. The van der Waals surface area contributed by atoms with Gasteiger partial charge in [0.25, 0.3) is 0 Å². The molecule has 1 aromatic carbocycles. The average molecular weight is 359 g/mol. The van der Waals surface area contributed by atoms with E-state index < -0.39 is 0 Å². The van der Waals surface area contributed by atoms with Gasteiger partial charge in [-0.05, 0) is 44.4 Å². The molecule has 3 aliphatic rings. The van der Waals surface area contributed by atoms with Gasteiger partial charge in [0.05, 0.1) is 0 Å². The molecule has 2 amide bonds. The Balaban J connectivity index is 1.24. The lowest BCUT2D eigenvalue weighted by Crippen LogP contribution is -2.53. The summed E-state index contributed by atoms with van der Waals surface area (Å²) in [5.41, 5.74) is 0. The van der Waals surface area contributed by atoms with E-state index in [4.69, 9.17) is 9.47 Å². The molecule has 2 heterocycles. The van der Waals surface area contributed by atoms with Crippen molar-refractivity contribution in [3.63, 3.8) is 0 Å². The minimum absolute atomic E-state index is 0.00470. The van der Waals surface area contributed by atoms with Crippen LogP contribution in [0.4, 0.5) is 4.79 Å². The number of urea groups is 1. The first-order valence-corrected chi connectivity index (χ1v) is 9.94. The summed E-state index contributed by atoms with van der Waals surface area (Å²) >= 11 is 0. The zero-order valence-electron chi connectivity index (χ0n) is 15.3. The predicted octanol–water partition coefficient (Wildman–Crippen LogP) is 2.53. The average Bonchev–Trinajstić information content (AvgIpc) is 3.15. The number of carbonyl (C=O) groups is 1. The maximum absolute atomic E-state index is 12.2. The van der Waals surface area contributed by atoms with Crippen molar-refractivity contribution in [2.75, 3.05) is 26.2 Å². The number of piperidine rings is 1. The standard InChI is InChI=1S/C20H29N3O3/c24-20(21-15-6-1-2-7-15)22-16-8-5-11-23(12-16)13-17-14-25-18-9-3-4-10-19(18)26-17/h3-4,9-10,15-17H,1-2,5-8,11-14H2,(H2,21,22,24). The van der Waals surface area contributed by atoms with Crippen LogP contribution in [0.25, 0.3) is 0 Å². The van der Waals surface area contributed by atoms with Crippen LogP contribution in [0.1, 0.15) is 38.5 Å². The lowest BCUT2D eigenvalue weighted by atomic mass is 10.1. The highest BCUT2D eigenvalue weighted by atomic mass is 16.6. The first-order chi connectivity index (χ1) is 12.8. The topological polar surface area (TPSA) is 62.8 Å². The van der Waals surface area contributed by atoms with Crippen LogP contribution in [-0.2, 0) is 0 Å². The normalized spacial score (nSPS) is 26.5. The van der Waals surface area contributed by atoms with Gasteiger partial charge in [-0.1, -0.05) is 25.0 Å². The minimum Gasteiger partial charge on any atom is -0.486 e. The Kier molecular flexibility index (Phi) is 5.48. The third-order valence-electron chi connectivity index (χ3n) is 5.56. The number of rotatable bonds is 4. The van der Waals surface area contributed by atoms with Crippen LogP contribution in [0.5, 0.6) is 11.5 Å². The van der Waals surface area contributed by atoms with Crippen LogP contribution >= 0.6 is 0 Å². The Morgan fingerprint density at radius 1 is 1.04 bits per heavy atom. The van der Waals surface area contributed by atoms with E-state index in [2.05, 4.69) is 15.5 Å². The zero-order chi connectivity index (χ0) is 17.8. The van der Waals surface area contributed by atoms with Crippen molar-refractivity contribution in [1.29, 1.82) is 0 Å². The van der Waals surface area contributed by atoms with Gasteiger partial charge in [-0.25, -0.2) is 4.79 Å². The lowest BCUT2D eigenvalue weighted by Gasteiger charge is -2.36. The molecule has 1 aromatic rings. The van der Waals surface area contributed by atoms with Crippen molar-refractivity contribution in [3.8, 4) is 11.5 Å². The molecular weight excluding hydrogens is 330 g/mol. The number of carbonyl (C=O) groups excluding carboxylic acids is 1. The molecule has 2 fully saturated rings. The highest BCUT2D eigenvalue weighted by molar-refractivity contribution is 5.74. The summed E-state index contributed by atoms with van der Waals surface area (Å²) in [5, 5.41) is 6.28. The highest BCUT2D eigenvalue weighted by Crippen LogP contribution is 2.31. The maximum Gasteiger partial charge on any atom is 0.315 e. The quantitative estimate of drug-likeness (QED) is 0.867. The second-order valence-electron chi connectivity index (χ2n) is 7.70.